The molecule has 2 fully saturated rings. The Morgan fingerprint density at radius 1 is 0.808 bits per heavy atom. The smallest absolute Gasteiger partial charge is 0.407 e. The lowest BCUT2D eigenvalue weighted by molar-refractivity contribution is -0.137. The Kier molecular flexibility index (Phi) is 23.1. The number of carbonyl (C=O) groups excluding carboxylic acids is 7. The summed E-state index contributed by atoms with van der Waals surface area (Å²) in [6.45, 7) is 8.46. The monoisotopic (exact) mass is 1090 g/mol. The maximum Gasteiger partial charge on any atom is 0.407 e. The van der Waals surface area contributed by atoms with Gasteiger partial charge in [-0.05, 0) is 67.9 Å². The molecule has 1 aromatic carbocycles. The Hall–Kier alpha value is -6.63. The van der Waals surface area contributed by atoms with Crippen LogP contribution in [0.1, 0.15) is 87.1 Å². The van der Waals surface area contributed by atoms with Crippen LogP contribution in [0.4, 0.5) is 16.2 Å². The molecule has 2 aromatic rings. The maximum absolute atomic E-state index is 14.0. The van der Waals surface area contributed by atoms with Gasteiger partial charge in [0.25, 0.3) is 11.8 Å². The molecule has 2 saturated carbocycles. The number of imide groups is 1. The van der Waals surface area contributed by atoms with Crippen LogP contribution in [0.3, 0.4) is 0 Å². The molecule has 0 bridgehead atoms. The van der Waals surface area contributed by atoms with E-state index in [-0.39, 0.29) is 81.1 Å². The molecule has 0 saturated heterocycles. The second-order valence-electron chi connectivity index (χ2n) is 19.5. The average Bonchev–Trinajstić information content (AvgIpc) is 4.26. The lowest BCUT2D eigenvalue weighted by Gasteiger charge is -2.29. The van der Waals surface area contributed by atoms with Crippen LogP contribution < -0.4 is 21.7 Å². The standard InChI is InChI=1S/C55H75N9O14/c1-2-16-62(19-22-78-54(71)60-43-4-3-5-43)52(69)40-33-39-6-7-42(36-46(39)61-47(56)35-40)55(13-14-55)53(70)59-44-34-41-38-63(17-10-45(41)58-37-44)49(66)12-20-72-23-25-74-27-29-76-31-32-77-30-28-75-26-24-73-21-15-57-48(65)11-18-64-50(67)8-9-51(64)68/h6-9,33-34,36-37,43H,2-5,10-32,35,38H2,1H3,(H2,56,61)(H,57,65)(H,59,70)(H,60,71). The topological polar surface area (TPSA) is 281 Å². The Bertz CT molecular complexity index is 2490. The van der Waals surface area contributed by atoms with Crippen molar-refractivity contribution in [2.75, 3.05) is 124 Å². The highest BCUT2D eigenvalue weighted by Gasteiger charge is 2.51. The quantitative estimate of drug-likeness (QED) is 0.0579. The number of nitrogens with zero attached hydrogens (tertiary/aromatic N) is 5. The average molecular weight is 1090 g/mol. The zero-order valence-electron chi connectivity index (χ0n) is 44.7. The summed E-state index contributed by atoms with van der Waals surface area (Å²) < 4.78 is 38.6. The molecule has 0 radical (unpaired) electrons. The number of amidine groups is 1. The molecule has 1 aromatic heterocycles. The van der Waals surface area contributed by atoms with E-state index in [1.54, 1.807) is 16.0 Å². The Morgan fingerprint density at radius 2 is 1.46 bits per heavy atom. The molecule has 7 rings (SSSR count). The van der Waals surface area contributed by atoms with Crippen LogP contribution >= 0.6 is 0 Å². The van der Waals surface area contributed by atoms with E-state index in [1.165, 1.54) is 12.2 Å². The summed E-state index contributed by atoms with van der Waals surface area (Å²) in [5, 5.41) is 8.62. The van der Waals surface area contributed by atoms with Crippen LogP contribution in [-0.4, -0.2) is 192 Å². The van der Waals surface area contributed by atoms with Crippen LogP contribution in [0.5, 0.6) is 0 Å². The minimum Gasteiger partial charge on any atom is -0.448 e. The van der Waals surface area contributed by atoms with E-state index >= 15 is 0 Å². The van der Waals surface area contributed by atoms with Gasteiger partial charge in [-0.1, -0.05) is 19.1 Å². The number of nitrogens with one attached hydrogen (secondary N) is 3. The summed E-state index contributed by atoms with van der Waals surface area (Å²) in [5.41, 5.74) is 10.5. The van der Waals surface area contributed by atoms with E-state index in [0.29, 0.717) is 135 Å². The molecule has 0 spiro atoms. The van der Waals surface area contributed by atoms with Crippen molar-refractivity contribution in [2.24, 2.45) is 10.7 Å². The summed E-state index contributed by atoms with van der Waals surface area (Å²) in [5.74, 6) is -1.20. The molecule has 424 valence electrons. The van der Waals surface area contributed by atoms with Crippen molar-refractivity contribution in [3.63, 3.8) is 0 Å². The second-order valence-corrected chi connectivity index (χ2v) is 19.5. The minimum atomic E-state index is -0.766. The Labute approximate surface area is 454 Å². The molecule has 3 aliphatic heterocycles. The number of rotatable bonds is 34. The van der Waals surface area contributed by atoms with E-state index in [0.717, 1.165) is 53.0 Å². The fourth-order valence-electron chi connectivity index (χ4n) is 9.09. The number of carbonyl (C=O) groups is 7. The predicted molar refractivity (Wildman–Crippen MR) is 285 cm³/mol. The summed E-state index contributed by atoms with van der Waals surface area (Å²) in [6.07, 6.45) is 11.4. The largest absolute Gasteiger partial charge is 0.448 e. The maximum atomic E-state index is 14.0. The van der Waals surface area contributed by atoms with Gasteiger partial charge >= 0.3 is 6.09 Å². The summed E-state index contributed by atoms with van der Waals surface area (Å²) in [6, 6.07) is 7.73. The second kappa shape index (κ2) is 30.5. The number of pyridine rings is 1. The molecule has 0 atom stereocenters. The number of fused-ring (bicyclic) bond motifs is 2. The number of aromatic nitrogens is 1. The van der Waals surface area contributed by atoms with E-state index in [1.807, 2.05) is 37.3 Å². The van der Waals surface area contributed by atoms with Crippen LogP contribution in [0, 0.1) is 0 Å². The summed E-state index contributed by atoms with van der Waals surface area (Å²) in [7, 11) is 0. The third-order valence-corrected chi connectivity index (χ3v) is 13.8. The van der Waals surface area contributed by atoms with Crippen LogP contribution in [-0.2, 0) is 80.3 Å². The molecule has 5 N–H and O–H groups in total. The fraction of sp³-hybridized carbons (Fsp3) is 0.582. The van der Waals surface area contributed by atoms with E-state index in [4.69, 9.17) is 38.9 Å². The van der Waals surface area contributed by atoms with Gasteiger partial charge in [-0.2, -0.15) is 0 Å². The lowest BCUT2D eigenvalue weighted by atomic mass is 9.92. The van der Waals surface area contributed by atoms with Gasteiger partial charge in [-0.3, -0.25) is 38.7 Å². The zero-order valence-corrected chi connectivity index (χ0v) is 44.7. The summed E-state index contributed by atoms with van der Waals surface area (Å²) in [4.78, 5) is 102. The van der Waals surface area contributed by atoms with Gasteiger partial charge in [0.1, 0.15) is 12.4 Å². The number of anilines is 1. The van der Waals surface area contributed by atoms with E-state index in [9.17, 15) is 33.6 Å². The number of ether oxygens (including phenoxy) is 7. The van der Waals surface area contributed by atoms with Crippen molar-refractivity contribution in [2.45, 2.75) is 89.1 Å². The van der Waals surface area contributed by atoms with E-state index in [2.05, 4.69) is 25.9 Å². The van der Waals surface area contributed by atoms with Crippen LogP contribution in [0.25, 0.3) is 6.08 Å². The lowest BCUT2D eigenvalue weighted by Crippen LogP contribution is -2.41. The highest BCUT2D eigenvalue weighted by atomic mass is 16.6. The number of amides is 7. The van der Waals surface area contributed by atoms with Crippen molar-refractivity contribution in [1.82, 2.24) is 30.3 Å². The molecule has 5 aliphatic rings. The molecule has 2 aliphatic carbocycles. The molecular formula is C55H75N9O14. The number of aliphatic imine (C=N–C) groups is 1. The molecule has 78 heavy (non-hydrogen) atoms. The van der Waals surface area contributed by atoms with Crippen LogP contribution in [0.15, 0.2) is 53.2 Å². The Balaban J connectivity index is 0.716. The van der Waals surface area contributed by atoms with Gasteiger partial charge in [0.2, 0.25) is 23.6 Å². The highest BCUT2D eigenvalue weighted by Crippen LogP contribution is 2.50. The van der Waals surface area contributed by atoms with Crippen molar-refractivity contribution >= 4 is 64.8 Å². The molecule has 4 heterocycles. The number of hydrogen-bond donors (Lipinski definition) is 4. The first kappa shape index (κ1) is 59.0. The molecule has 7 amide bonds. The number of hydrogen-bond acceptors (Lipinski definition) is 17. The van der Waals surface area contributed by atoms with Gasteiger partial charge in [0.05, 0.1) is 115 Å². The Morgan fingerprint density at radius 3 is 2.09 bits per heavy atom. The van der Waals surface area contributed by atoms with Gasteiger partial charge in [0, 0.05) is 87.0 Å². The SMILES string of the molecule is CCCN(CCOC(=O)NC1CCC1)C(=O)C1=Cc2ccc(C3(C(=O)Nc4cnc5c(c4)CN(C(=O)CCOCCOCCOCCOCCOCCOCCNC(=O)CCN4C(=O)C=CC4=O)CC5)CC3)cc2N=C(N)C1. The molecular weight excluding hydrogens is 1010 g/mol. The fourth-order valence-corrected chi connectivity index (χ4v) is 9.09. The van der Waals surface area contributed by atoms with Crippen LogP contribution in [0.2, 0.25) is 0 Å². The normalized spacial score (nSPS) is 16.3. The first-order chi connectivity index (χ1) is 37.9. The van der Waals surface area contributed by atoms with E-state index < -0.39 is 23.3 Å². The number of nitrogens with two attached hydrogens (primary N) is 1. The van der Waals surface area contributed by atoms with Crippen molar-refractivity contribution in [1.29, 1.82) is 0 Å². The zero-order chi connectivity index (χ0) is 55.1. The molecule has 0 unspecified atom stereocenters. The van der Waals surface area contributed by atoms with Crippen molar-refractivity contribution < 1.29 is 66.7 Å². The number of benzene rings is 1. The molecule has 23 heteroatoms. The molecule has 23 nitrogen and oxygen atoms in total. The van der Waals surface area contributed by atoms with Gasteiger partial charge in [-0.25, -0.2) is 9.79 Å². The van der Waals surface area contributed by atoms with Crippen molar-refractivity contribution in [3.05, 3.63) is 70.6 Å². The number of alkyl carbamates (subject to hydrolysis) is 1. The third kappa shape index (κ3) is 18.0. The van der Waals surface area contributed by atoms with Gasteiger partial charge in [0.15, 0.2) is 0 Å². The summed E-state index contributed by atoms with van der Waals surface area (Å²) >= 11 is 0. The van der Waals surface area contributed by atoms with Crippen molar-refractivity contribution in [3.8, 4) is 0 Å². The predicted octanol–water partition coefficient (Wildman–Crippen LogP) is 2.85. The first-order valence-electron chi connectivity index (χ1n) is 27.2. The van der Waals surface area contributed by atoms with Gasteiger partial charge < -0.3 is 64.6 Å². The third-order valence-electron chi connectivity index (χ3n) is 13.8. The first-order valence-corrected chi connectivity index (χ1v) is 27.2. The van der Waals surface area contributed by atoms with Gasteiger partial charge in [-0.15, -0.1) is 0 Å². The highest BCUT2D eigenvalue weighted by molar-refractivity contribution is 6.13. The minimum absolute atomic E-state index is 0.0321.